The minimum atomic E-state index is -0.119. The number of piperidine rings is 1. The average molecular weight is 413 g/mol. The number of aromatic nitrogens is 5. The molecule has 1 aromatic carbocycles. The van der Waals surface area contributed by atoms with Gasteiger partial charge in [0, 0.05) is 31.3 Å². The summed E-state index contributed by atoms with van der Waals surface area (Å²) in [5, 5.41) is 11.5. The van der Waals surface area contributed by atoms with Crippen LogP contribution in [0.1, 0.15) is 18.7 Å². The monoisotopic (exact) mass is 413 g/mol. The van der Waals surface area contributed by atoms with Gasteiger partial charge in [-0.05, 0) is 30.9 Å². The Morgan fingerprint density at radius 1 is 1.03 bits per heavy atom. The fraction of sp³-hybridized carbons (Fsp3) is 0.261. The predicted octanol–water partition coefficient (Wildman–Crippen LogP) is 3.67. The third kappa shape index (κ3) is 4.23. The number of benzene rings is 1. The second-order valence-electron chi connectivity index (χ2n) is 7.79. The van der Waals surface area contributed by atoms with Gasteiger partial charge < -0.3 is 10.2 Å². The summed E-state index contributed by atoms with van der Waals surface area (Å²) in [6.07, 6.45) is 8.12. The molecule has 0 spiro atoms. The topological polar surface area (TPSA) is 88.3 Å². The van der Waals surface area contributed by atoms with Crippen LogP contribution in [0.4, 0.5) is 10.5 Å². The van der Waals surface area contributed by atoms with Crippen LogP contribution in [0.25, 0.3) is 17.0 Å². The minimum absolute atomic E-state index is 0.119. The second-order valence-corrected chi connectivity index (χ2v) is 7.79. The number of carbonyl (C=O) groups is 1. The smallest absolute Gasteiger partial charge is 0.321 e. The van der Waals surface area contributed by atoms with E-state index in [-0.39, 0.29) is 6.03 Å². The van der Waals surface area contributed by atoms with E-state index in [4.69, 9.17) is 0 Å². The Hall–Kier alpha value is -3.81. The van der Waals surface area contributed by atoms with Crippen LogP contribution in [0.2, 0.25) is 0 Å². The van der Waals surface area contributed by atoms with Gasteiger partial charge in [-0.1, -0.05) is 36.4 Å². The van der Waals surface area contributed by atoms with E-state index < -0.39 is 0 Å². The van der Waals surface area contributed by atoms with Crippen molar-refractivity contribution in [2.24, 2.45) is 5.92 Å². The molecule has 0 radical (unpaired) electrons. The quantitative estimate of drug-likeness (QED) is 0.551. The van der Waals surface area contributed by atoms with Crippen LogP contribution >= 0.6 is 0 Å². The van der Waals surface area contributed by atoms with E-state index in [1.165, 1.54) is 0 Å². The lowest BCUT2D eigenvalue weighted by atomic mass is 9.94. The number of hydrogen-bond acceptors (Lipinski definition) is 5. The second kappa shape index (κ2) is 8.51. The van der Waals surface area contributed by atoms with E-state index in [1.807, 2.05) is 64.0 Å². The summed E-state index contributed by atoms with van der Waals surface area (Å²) in [6, 6.07) is 15.5. The van der Waals surface area contributed by atoms with Gasteiger partial charge in [-0.2, -0.15) is 0 Å². The molecule has 4 heterocycles. The van der Waals surface area contributed by atoms with Crippen molar-refractivity contribution in [2.75, 3.05) is 18.4 Å². The third-order valence-electron chi connectivity index (χ3n) is 5.60. The molecule has 5 rings (SSSR count). The molecule has 0 saturated carbocycles. The van der Waals surface area contributed by atoms with Gasteiger partial charge in [-0.15, -0.1) is 10.2 Å². The zero-order valence-corrected chi connectivity index (χ0v) is 17.1. The van der Waals surface area contributed by atoms with Crippen molar-refractivity contribution < 1.29 is 4.79 Å². The zero-order valence-electron chi connectivity index (χ0n) is 17.1. The Morgan fingerprint density at radius 3 is 2.68 bits per heavy atom. The zero-order chi connectivity index (χ0) is 21.0. The molecule has 0 bridgehead atoms. The maximum atomic E-state index is 12.8. The highest BCUT2D eigenvalue weighted by molar-refractivity contribution is 5.89. The lowest BCUT2D eigenvalue weighted by Gasteiger charge is -2.32. The molecule has 1 fully saturated rings. The Labute approximate surface area is 180 Å². The number of nitrogens with zero attached hydrogens (tertiary/aromatic N) is 6. The van der Waals surface area contributed by atoms with Gasteiger partial charge in [0.25, 0.3) is 0 Å². The molecule has 8 nitrogen and oxygen atoms in total. The highest BCUT2D eigenvalue weighted by Crippen LogP contribution is 2.22. The lowest BCUT2D eigenvalue weighted by Crippen LogP contribution is -2.43. The maximum absolute atomic E-state index is 12.8. The summed E-state index contributed by atoms with van der Waals surface area (Å²) in [7, 11) is 0. The van der Waals surface area contributed by atoms with E-state index in [1.54, 1.807) is 12.4 Å². The summed E-state index contributed by atoms with van der Waals surface area (Å²) >= 11 is 0. The number of carbonyl (C=O) groups excluding carboxylic acids is 1. The standard InChI is InChI=1S/C23H23N7O/c31-23(26-19-14-24-22(25-15-19)18-8-2-1-3-9-18)29-11-6-7-17(16-29)13-21-28-27-20-10-4-5-12-30(20)21/h1-5,8-10,12,14-15,17H,6-7,11,13,16H2,(H,26,31). The molecule has 0 aliphatic carbocycles. The third-order valence-corrected chi connectivity index (χ3v) is 5.60. The molecule has 156 valence electrons. The number of urea groups is 1. The van der Waals surface area contributed by atoms with Crippen molar-refractivity contribution in [1.82, 2.24) is 29.5 Å². The van der Waals surface area contributed by atoms with Gasteiger partial charge in [0.2, 0.25) is 0 Å². The normalized spacial score (nSPS) is 16.4. The fourth-order valence-corrected chi connectivity index (χ4v) is 4.04. The Kier molecular flexibility index (Phi) is 5.26. The van der Waals surface area contributed by atoms with Crippen molar-refractivity contribution in [3.05, 3.63) is 72.9 Å². The predicted molar refractivity (Wildman–Crippen MR) is 117 cm³/mol. The molecule has 8 heteroatoms. The number of hydrogen-bond donors (Lipinski definition) is 1. The van der Waals surface area contributed by atoms with Crippen LogP contribution in [-0.4, -0.2) is 48.6 Å². The first-order chi connectivity index (χ1) is 15.3. The van der Waals surface area contributed by atoms with Crippen molar-refractivity contribution in [1.29, 1.82) is 0 Å². The van der Waals surface area contributed by atoms with Crippen molar-refractivity contribution >= 4 is 17.4 Å². The largest absolute Gasteiger partial charge is 0.324 e. The first kappa shape index (κ1) is 19.2. The summed E-state index contributed by atoms with van der Waals surface area (Å²) in [5.41, 5.74) is 2.39. The molecule has 1 aliphatic heterocycles. The Morgan fingerprint density at radius 2 is 1.84 bits per heavy atom. The minimum Gasteiger partial charge on any atom is -0.324 e. The van der Waals surface area contributed by atoms with Crippen LogP contribution in [0.15, 0.2) is 67.1 Å². The molecular formula is C23H23N7O. The molecule has 1 N–H and O–H groups in total. The SMILES string of the molecule is O=C(Nc1cnc(-c2ccccc2)nc1)N1CCCC(Cc2nnc3ccccn23)C1. The summed E-state index contributed by atoms with van der Waals surface area (Å²) < 4.78 is 2.02. The number of anilines is 1. The van der Waals surface area contributed by atoms with Crippen LogP contribution in [-0.2, 0) is 6.42 Å². The molecule has 1 unspecified atom stereocenters. The van der Waals surface area contributed by atoms with Gasteiger partial charge in [0.1, 0.15) is 5.82 Å². The fourth-order valence-electron chi connectivity index (χ4n) is 4.04. The number of fused-ring (bicyclic) bond motifs is 1. The van der Waals surface area contributed by atoms with E-state index in [9.17, 15) is 4.79 Å². The van der Waals surface area contributed by atoms with Gasteiger partial charge in [0.05, 0.1) is 18.1 Å². The van der Waals surface area contributed by atoms with Crippen molar-refractivity contribution in [3.8, 4) is 11.4 Å². The van der Waals surface area contributed by atoms with E-state index in [2.05, 4.69) is 25.5 Å². The van der Waals surface area contributed by atoms with Gasteiger partial charge in [-0.25, -0.2) is 14.8 Å². The van der Waals surface area contributed by atoms with Gasteiger partial charge in [-0.3, -0.25) is 4.40 Å². The van der Waals surface area contributed by atoms with Gasteiger partial charge >= 0.3 is 6.03 Å². The molecule has 31 heavy (non-hydrogen) atoms. The first-order valence-corrected chi connectivity index (χ1v) is 10.5. The average Bonchev–Trinajstić information content (AvgIpc) is 3.23. The summed E-state index contributed by atoms with van der Waals surface area (Å²) in [5.74, 6) is 1.92. The summed E-state index contributed by atoms with van der Waals surface area (Å²) in [4.78, 5) is 23.4. The molecule has 1 atom stereocenters. The molecule has 3 aromatic heterocycles. The number of nitrogens with one attached hydrogen (secondary N) is 1. The number of pyridine rings is 1. The lowest BCUT2D eigenvalue weighted by molar-refractivity contribution is 0.176. The molecular weight excluding hydrogens is 390 g/mol. The Bertz CT molecular complexity index is 1170. The highest BCUT2D eigenvalue weighted by Gasteiger charge is 2.25. The van der Waals surface area contributed by atoms with Crippen LogP contribution in [0.5, 0.6) is 0 Å². The van der Waals surface area contributed by atoms with Crippen LogP contribution in [0, 0.1) is 5.92 Å². The number of likely N-dealkylation sites (tertiary alicyclic amines) is 1. The number of amides is 2. The van der Waals surface area contributed by atoms with E-state index in [0.29, 0.717) is 24.0 Å². The maximum Gasteiger partial charge on any atom is 0.321 e. The van der Waals surface area contributed by atoms with Crippen molar-refractivity contribution in [2.45, 2.75) is 19.3 Å². The van der Waals surface area contributed by atoms with Crippen LogP contribution in [0.3, 0.4) is 0 Å². The van der Waals surface area contributed by atoms with E-state index in [0.717, 1.165) is 42.8 Å². The number of rotatable bonds is 4. The first-order valence-electron chi connectivity index (χ1n) is 10.5. The highest BCUT2D eigenvalue weighted by atomic mass is 16.2. The molecule has 4 aromatic rings. The van der Waals surface area contributed by atoms with E-state index >= 15 is 0 Å². The molecule has 2 amide bonds. The summed E-state index contributed by atoms with van der Waals surface area (Å²) in [6.45, 7) is 1.43. The molecule has 1 aliphatic rings. The van der Waals surface area contributed by atoms with Crippen LogP contribution < -0.4 is 5.32 Å². The van der Waals surface area contributed by atoms with Gasteiger partial charge in [0.15, 0.2) is 11.5 Å². The molecule has 1 saturated heterocycles. The van der Waals surface area contributed by atoms with Crippen molar-refractivity contribution in [3.63, 3.8) is 0 Å². The Balaban J connectivity index is 1.21.